The molecule has 2 heterocycles. The summed E-state index contributed by atoms with van der Waals surface area (Å²) in [5, 5.41) is 9.91. The number of aryl methyl sites for hydroxylation is 1. The molecular weight excluding hydrogens is 264 g/mol. The molecular formula is C14H19ClN2O2. The smallest absolute Gasteiger partial charge is 0.254 e. The Morgan fingerprint density at radius 3 is 2.63 bits per heavy atom. The molecule has 0 bridgehead atoms. The van der Waals surface area contributed by atoms with Crippen molar-refractivity contribution in [3.05, 3.63) is 28.5 Å². The summed E-state index contributed by atoms with van der Waals surface area (Å²) < 4.78 is 0. The Morgan fingerprint density at radius 2 is 2.11 bits per heavy atom. The highest BCUT2D eigenvalue weighted by Gasteiger charge is 2.26. The van der Waals surface area contributed by atoms with Crippen molar-refractivity contribution in [1.29, 1.82) is 0 Å². The Morgan fingerprint density at radius 1 is 1.47 bits per heavy atom. The number of halogens is 1. The largest absolute Gasteiger partial charge is 0.393 e. The molecule has 1 saturated heterocycles. The maximum atomic E-state index is 12.4. The summed E-state index contributed by atoms with van der Waals surface area (Å²) in [6, 6.07) is 3.37. The van der Waals surface area contributed by atoms with Crippen molar-refractivity contribution in [2.45, 2.75) is 32.8 Å². The predicted molar refractivity (Wildman–Crippen MR) is 74.3 cm³/mol. The first-order valence-electron chi connectivity index (χ1n) is 6.59. The van der Waals surface area contributed by atoms with Gasteiger partial charge in [-0.1, -0.05) is 11.6 Å². The molecule has 1 aliphatic rings. The van der Waals surface area contributed by atoms with Crippen LogP contribution >= 0.6 is 11.6 Å². The van der Waals surface area contributed by atoms with Crippen LogP contribution in [0.4, 0.5) is 0 Å². The number of aromatic nitrogens is 1. The van der Waals surface area contributed by atoms with Gasteiger partial charge in [-0.25, -0.2) is 4.98 Å². The number of aliphatic hydroxyl groups excluding tert-OH is 1. The number of likely N-dealkylation sites (tertiary alicyclic amines) is 1. The third-order valence-electron chi connectivity index (χ3n) is 3.68. The number of rotatable bonds is 2. The van der Waals surface area contributed by atoms with E-state index in [4.69, 9.17) is 11.6 Å². The van der Waals surface area contributed by atoms with Gasteiger partial charge in [0.15, 0.2) is 0 Å². The van der Waals surface area contributed by atoms with E-state index in [0.29, 0.717) is 29.7 Å². The monoisotopic (exact) mass is 282 g/mol. The lowest BCUT2D eigenvalue weighted by molar-refractivity contribution is 0.0521. The van der Waals surface area contributed by atoms with Gasteiger partial charge in [0.25, 0.3) is 5.91 Å². The average molecular weight is 283 g/mol. The summed E-state index contributed by atoms with van der Waals surface area (Å²) in [4.78, 5) is 18.2. The Hall–Kier alpha value is -1.13. The lowest BCUT2D eigenvalue weighted by atomic mass is 9.92. The molecule has 4 nitrogen and oxygen atoms in total. The molecule has 1 aromatic heterocycles. The third-order valence-corrected chi connectivity index (χ3v) is 3.87. The van der Waals surface area contributed by atoms with E-state index in [-0.39, 0.29) is 12.0 Å². The summed E-state index contributed by atoms with van der Waals surface area (Å²) >= 11 is 5.88. The molecule has 1 amide bonds. The molecule has 1 aromatic rings. The van der Waals surface area contributed by atoms with Crippen molar-refractivity contribution in [2.24, 2.45) is 5.92 Å². The second-order valence-corrected chi connectivity index (χ2v) is 5.58. The van der Waals surface area contributed by atoms with Crippen LogP contribution in [0, 0.1) is 12.8 Å². The zero-order valence-corrected chi connectivity index (χ0v) is 12.0. The fraction of sp³-hybridized carbons (Fsp3) is 0.571. The lowest BCUT2D eigenvalue weighted by Gasteiger charge is -2.33. The Kier molecular flexibility index (Phi) is 4.42. The van der Waals surface area contributed by atoms with Gasteiger partial charge in [0, 0.05) is 24.3 Å². The van der Waals surface area contributed by atoms with E-state index in [1.165, 1.54) is 0 Å². The van der Waals surface area contributed by atoms with Crippen molar-refractivity contribution >= 4 is 17.5 Å². The first-order chi connectivity index (χ1) is 8.97. The van der Waals surface area contributed by atoms with Crippen LogP contribution in [0.25, 0.3) is 0 Å². The molecule has 0 aromatic carbocycles. The van der Waals surface area contributed by atoms with Crippen molar-refractivity contribution in [1.82, 2.24) is 9.88 Å². The quantitative estimate of drug-likeness (QED) is 0.847. The molecule has 5 heteroatoms. The number of pyridine rings is 1. The molecule has 2 rings (SSSR count). The minimum Gasteiger partial charge on any atom is -0.393 e. The summed E-state index contributed by atoms with van der Waals surface area (Å²) in [5.41, 5.74) is 1.34. The summed E-state index contributed by atoms with van der Waals surface area (Å²) in [6.07, 6.45) is 1.40. The molecule has 104 valence electrons. The van der Waals surface area contributed by atoms with Gasteiger partial charge in [-0.3, -0.25) is 4.79 Å². The van der Waals surface area contributed by atoms with E-state index in [1.807, 2.05) is 18.7 Å². The number of carbonyl (C=O) groups excluding carboxylic acids is 1. The SMILES string of the molecule is Cc1cc(C(=O)N2CCC(C(C)O)CC2)cc(Cl)n1. The minimum atomic E-state index is -0.296. The highest BCUT2D eigenvalue weighted by atomic mass is 35.5. The zero-order valence-electron chi connectivity index (χ0n) is 11.3. The van der Waals surface area contributed by atoms with Crippen LogP contribution < -0.4 is 0 Å². The van der Waals surface area contributed by atoms with Crippen LogP contribution in [0.15, 0.2) is 12.1 Å². The topological polar surface area (TPSA) is 53.4 Å². The van der Waals surface area contributed by atoms with Gasteiger partial charge in [-0.05, 0) is 44.7 Å². The molecule has 19 heavy (non-hydrogen) atoms. The van der Waals surface area contributed by atoms with Crippen LogP contribution in [0.3, 0.4) is 0 Å². The molecule has 0 saturated carbocycles. The van der Waals surface area contributed by atoms with Crippen molar-refractivity contribution in [3.8, 4) is 0 Å². The molecule has 1 fully saturated rings. The third kappa shape index (κ3) is 3.45. The van der Waals surface area contributed by atoms with Crippen LogP contribution in [-0.2, 0) is 0 Å². The van der Waals surface area contributed by atoms with Gasteiger partial charge in [-0.15, -0.1) is 0 Å². The fourth-order valence-corrected chi connectivity index (χ4v) is 2.77. The number of nitrogens with zero attached hydrogens (tertiary/aromatic N) is 2. The molecule has 0 radical (unpaired) electrons. The van der Waals surface area contributed by atoms with Crippen molar-refractivity contribution < 1.29 is 9.90 Å². The second kappa shape index (κ2) is 5.88. The molecule has 0 spiro atoms. The van der Waals surface area contributed by atoms with Crippen LogP contribution in [0.5, 0.6) is 0 Å². The van der Waals surface area contributed by atoms with Gasteiger partial charge in [-0.2, -0.15) is 0 Å². The molecule has 1 unspecified atom stereocenters. The van der Waals surface area contributed by atoms with Gasteiger partial charge in [0.2, 0.25) is 0 Å². The Balaban J connectivity index is 2.05. The van der Waals surface area contributed by atoms with E-state index in [2.05, 4.69) is 4.98 Å². The Bertz CT molecular complexity index is 448. The van der Waals surface area contributed by atoms with E-state index in [0.717, 1.165) is 18.5 Å². The van der Waals surface area contributed by atoms with E-state index in [1.54, 1.807) is 12.1 Å². The first kappa shape index (κ1) is 14.3. The van der Waals surface area contributed by atoms with Crippen LogP contribution in [-0.4, -0.2) is 40.1 Å². The zero-order chi connectivity index (χ0) is 14.0. The minimum absolute atomic E-state index is 0.00329. The van der Waals surface area contributed by atoms with Crippen molar-refractivity contribution in [3.63, 3.8) is 0 Å². The highest BCUT2D eigenvalue weighted by Crippen LogP contribution is 2.22. The second-order valence-electron chi connectivity index (χ2n) is 5.19. The average Bonchev–Trinajstić information content (AvgIpc) is 2.37. The molecule has 1 N–H and O–H groups in total. The van der Waals surface area contributed by atoms with E-state index >= 15 is 0 Å². The summed E-state index contributed by atoms with van der Waals surface area (Å²) in [6.45, 7) is 5.01. The van der Waals surface area contributed by atoms with Gasteiger partial charge < -0.3 is 10.0 Å². The van der Waals surface area contributed by atoms with Gasteiger partial charge in [0.05, 0.1) is 6.10 Å². The van der Waals surface area contributed by atoms with Gasteiger partial charge in [0.1, 0.15) is 5.15 Å². The number of carbonyl (C=O) groups is 1. The molecule has 0 aliphatic carbocycles. The van der Waals surface area contributed by atoms with E-state index in [9.17, 15) is 9.90 Å². The van der Waals surface area contributed by atoms with Crippen LogP contribution in [0.2, 0.25) is 5.15 Å². The number of hydrogen-bond donors (Lipinski definition) is 1. The summed E-state index contributed by atoms with van der Waals surface area (Å²) in [5.74, 6) is 0.295. The van der Waals surface area contributed by atoms with Crippen LogP contribution in [0.1, 0.15) is 35.8 Å². The maximum absolute atomic E-state index is 12.4. The molecule has 1 atom stereocenters. The molecule has 1 aliphatic heterocycles. The predicted octanol–water partition coefficient (Wildman–Crippen LogP) is 2.28. The maximum Gasteiger partial charge on any atom is 0.254 e. The van der Waals surface area contributed by atoms with E-state index < -0.39 is 0 Å². The highest BCUT2D eigenvalue weighted by molar-refractivity contribution is 6.29. The summed E-state index contributed by atoms with van der Waals surface area (Å²) in [7, 11) is 0. The number of amides is 1. The number of piperidine rings is 1. The van der Waals surface area contributed by atoms with Gasteiger partial charge >= 0.3 is 0 Å². The standard InChI is InChI=1S/C14H19ClN2O2/c1-9-7-12(8-13(15)16-9)14(19)17-5-3-11(4-6-17)10(2)18/h7-8,10-11,18H,3-6H2,1-2H3. The number of aliphatic hydroxyl groups is 1. The fourth-order valence-electron chi connectivity index (χ4n) is 2.52. The number of hydrogen-bond acceptors (Lipinski definition) is 3. The Labute approximate surface area is 118 Å². The normalized spacial score (nSPS) is 18.4. The first-order valence-corrected chi connectivity index (χ1v) is 6.96. The lowest BCUT2D eigenvalue weighted by Crippen LogP contribution is -2.40. The van der Waals surface area contributed by atoms with Crippen molar-refractivity contribution in [2.75, 3.05) is 13.1 Å².